The lowest BCUT2D eigenvalue weighted by Gasteiger charge is -2.15. The van der Waals surface area contributed by atoms with Gasteiger partial charge >= 0.3 is 0 Å². The number of amides is 2. The van der Waals surface area contributed by atoms with Crippen molar-refractivity contribution < 1.29 is 18.7 Å². The van der Waals surface area contributed by atoms with Crippen molar-refractivity contribution in [2.45, 2.75) is 13.8 Å². The van der Waals surface area contributed by atoms with E-state index < -0.39 is 17.6 Å². The Kier molecular flexibility index (Phi) is 5.54. The third-order valence-electron chi connectivity index (χ3n) is 4.92. The third kappa shape index (κ3) is 4.05. The number of carbonyl (C=O) groups is 2. The normalized spacial score (nSPS) is 13.7. The number of hydrogen-bond acceptors (Lipinski definition) is 4. The summed E-state index contributed by atoms with van der Waals surface area (Å²) in [5.41, 5.74) is 2.87. The average Bonchev–Trinajstić information content (AvgIpc) is 3.00. The molecule has 1 aliphatic rings. The molecule has 6 heteroatoms. The maximum absolute atomic E-state index is 13.5. The molecule has 0 radical (unpaired) electrons. The van der Waals surface area contributed by atoms with Crippen molar-refractivity contribution in [3.63, 3.8) is 0 Å². The van der Waals surface area contributed by atoms with Gasteiger partial charge < -0.3 is 10.1 Å². The first-order valence-electron chi connectivity index (χ1n) is 9.93. The fraction of sp³-hybridized carbons (Fsp3) is 0.120. The quantitative estimate of drug-likeness (QED) is 0.579. The van der Waals surface area contributed by atoms with Gasteiger partial charge in [0.2, 0.25) is 0 Å². The van der Waals surface area contributed by atoms with Gasteiger partial charge in [0.05, 0.1) is 17.9 Å². The smallest absolute Gasteiger partial charge is 0.282 e. The molecule has 0 saturated carbocycles. The molecule has 3 aromatic rings. The zero-order valence-electron chi connectivity index (χ0n) is 17.2. The molecule has 31 heavy (non-hydrogen) atoms. The maximum atomic E-state index is 13.5. The molecule has 0 bridgehead atoms. The summed E-state index contributed by atoms with van der Waals surface area (Å²) in [5.74, 6) is -0.724. The molecule has 3 aromatic carbocycles. The average molecular weight is 416 g/mol. The number of aryl methyl sites for hydroxylation is 1. The zero-order valence-corrected chi connectivity index (χ0v) is 17.2. The van der Waals surface area contributed by atoms with Crippen molar-refractivity contribution >= 4 is 28.8 Å². The van der Waals surface area contributed by atoms with Crippen molar-refractivity contribution in [3.8, 4) is 5.75 Å². The summed E-state index contributed by atoms with van der Waals surface area (Å²) in [6, 6.07) is 19.8. The Morgan fingerprint density at radius 2 is 1.65 bits per heavy atom. The number of anilines is 2. The second kappa shape index (κ2) is 8.44. The van der Waals surface area contributed by atoms with Crippen LogP contribution in [0.4, 0.5) is 15.8 Å². The van der Waals surface area contributed by atoms with Gasteiger partial charge in [-0.1, -0.05) is 35.9 Å². The number of rotatable bonds is 6. The van der Waals surface area contributed by atoms with Gasteiger partial charge in [0, 0.05) is 11.8 Å². The second-order valence-electron chi connectivity index (χ2n) is 7.12. The Bertz CT molecular complexity index is 1170. The molecule has 1 N–H and O–H groups in total. The van der Waals surface area contributed by atoms with Crippen LogP contribution < -0.4 is 15.0 Å². The molecule has 0 atom stereocenters. The van der Waals surface area contributed by atoms with E-state index in [1.54, 1.807) is 30.3 Å². The maximum Gasteiger partial charge on any atom is 0.282 e. The van der Waals surface area contributed by atoms with E-state index in [-0.39, 0.29) is 11.3 Å². The van der Waals surface area contributed by atoms with Crippen molar-refractivity contribution in [1.82, 2.24) is 0 Å². The van der Waals surface area contributed by atoms with Gasteiger partial charge in [-0.15, -0.1) is 0 Å². The summed E-state index contributed by atoms with van der Waals surface area (Å²) in [5, 5.41) is 3.09. The minimum Gasteiger partial charge on any atom is -0.494 e. The van der Waals surface area contributed by atoms with Gasteiger partial charge in [0.25, 0.3) is 11.8 Å². The lowest BCUT2D eigenvalue weighted by atomic mass is 10.0. The van der Waals surface area contributed by atoms with Gasteiger partial charge in [0.1, 0.15) is 17.3 Å². The number of ether oxygens (including phenoxy) is 1. The van der Waals surface area contributed by atoms with E-state index in [0.717, 1.165) is 10.5 Å². The molecule has 0 aromatic heterocycles. The molecule has 5 nitrogen and oxygen atoms in total. The molecule has 0 saturated heterocycles. The Labute approximate surface area is 179 Å². The monoisotopic (exact) mass is 416 g/mol. The minimum atomic E-state index is -0.477. The summed E-state index contributed by atoms with van der Waals surface area (Å²) in [4.78, 5) is 27.8. The van der Waals surface area contributed by atoms with Crippen molar-refractivity contribution in [2.24, 2.45) is 0 Å². The van der Waals surface area contributed by atoms with Crippen molar-refractivity contribution in [2.75, 3.05) is 16.8 Å². The van der Waals surface area contributed by atoms with Crippen LogP contribution in [-0.2, 0) is 9.59 Å². The lowest BCUT2D eigenvalue weighted by molar-refractivity contribution is -0.120. The molecule has 156 valence electrons. The number of nitrogens with one attached hydrogen (secondary N) is 1. The molecule has 2 amide bonds. The Morgan fingerprint density at radius 1 is 0.935 bits per heavy atom. The van der Waals surface area contributed by atoms with Gasteiger partial charge in [-0.25, -0.2) is 9.29 Å². The van der Waals surface area contributed by atoms with Gasteiger partial charge in [-0.05, 0) is 55.8 Å². The molecule has 0 spiro atoms. The van der Waals surface area contributed by atoms with Crippen LogP contribution in [0.2, 0.25) is 0 Å². The van der Waals surface area contributed by atoms with Crippen LogP contribution in [0.15, 0.2) is 78.5 Å². The number of hydrogen-bond donors (Lipinski definition) is 1. The van der Waals surface area contributed by atoms with Crippen molar-refractivity contribution in [3.05, 3.63) is 95.4 Å². The summed E-state index contributed by atoms with van der Waals surface area (Å²) in [6.45, 7) is 4.32. The van der Waals surface area contributed by atoms with Gasteiger partial charge in [-0.2, -0.15) is 0 Å². The highest BCUT2D eigenvalue weighted by atomic mass is 19.1. The van der Waals surface area contributed by atoms with E-state index in [2.05, 4.69) is 5.32 Å². The van der Waals surface area contributed by atoms with Crippen molar-refractivity contribution in [1.29, 1.82) is 0 Å². The van der Waals surface area contributed by atoms with Crippen LogP contribution in [0, 0.1) is 12.7 Å². The third-order valence-corrected chi connectivity index (χ3v) is 4.92. The number of imide groups is 1. The number of benzene rings is 3. The van der Waals surface area contributed by atoms with E-state index >= 15 is 0 Å². The van der Waals surface area contributed by atoms with Gasteiger partial charge in [-0.3, -0.25) is 9.59 Å². The first kappa shape index (κ1) is 20.3. The molecule has 1 heterocycles. The lowest BCUT2D eigenvalue weighted by Crippen LogP contribution is -2.32. The first-order chi connectivity index (χ1) is 15.0. The highest BCUT2D eigenvalue weighted by Crippen LogP contribution is 2.34. The molecule has 0 fully saturated rings. The minimum absolute atomic E-state index is 0.130. The highest BCUT2D eigenvalue weighted by molar-refractivity contribution is 6.46. The van der Waals surface area contributed by atoms with Crippen LogP contribution >= 0.6 is 0 Å². The molecule has 4 rings (SSSR count). The predicted molar refractivity (Wildman–Crippen MR) is 118 cm³/mol. The molecule has 1 aliphatic heterocycles. The second-order valence-corrected chi connectivity index (χ2v) is 7.12. The first-order valence-corrected chi connectivity index (χ1v) is 9.93. The van der Waals surface area contributed by atoms with Crippen LogP contribution in [0.25, 0.3) is 5.57 Å². The fourth-order valence-corrected chi connectivity index (χ4v) is 3.43. The molecule has 0 unspecified atom stereocenters. The molecule has 0 aliphatic carbocycles. The summed E-state index contributed by atoms with van der Waals surface area (Å²) in [6.07, 6.45) is 0. The standard InChI is InChI=1S/C25H21FN2O3/c1-3-31-21-6-4-5-19(15-21)27-23-22(17-9-11-18(26)12-10-17)24(29)28(25(23)30)20-13-7-16(2)8-14-20/h4-15,27H,3H2,1-2H3. The zero-order chi connectivity index (χ0) is 22.0. The highest BCUT2D eigenvalue weighted by Gasteiger charge is 2.40. The topological polar surface area (TPSA) is 58.6 Å². The predicted octanol–water partition coefficient (Wildman–Crippen LogP) is 4.93. The largest absolute Gasteiger partial charge is 0.494 e. The summed E-state index contributed by atoms with van der Waals surface area (Å²) >= 11 is 0. The Morgan fingerprint density at radius 3 is 2.32 bits per heavy atom. The van der Waals surface area contributed by atoms with Crippen LogP contribution in [0.3, 0.4) is 0 Å². The summed E-state index contributed by atoms with van der Waals surface area (Å²) in [7, 11) is 0. The number of carbonyl (C=O) groups excluding carboxylic acids is 2. The van der Waals surface area contributed by atoms with E-state index in [9.17, 15) is 14.0 Å². The Balaban J connectivity index is 1.78. The number of nitrogens with zero attached hydrogens (tertiary/aromatic N) is 1. The van der Waals surface area contributed by atoms with E-state index in [4.69, 9.17) is 4.74 Å². The van der Waals surface area contributed by atoms with Crippen LogP contribution in [0.1, 0.15) is 18.1 Å². The Hall–Kier alpha value is -3.93. The SMILES string of the molecule is CCOc1cccc(NC2=C(c3ccc(F)cc3)C(=O)N(c3ccc(C)cc3)C2=O)c1. The van der Waals surface area contributed by atoms with Crippen LogP contribution in [-0.4, -0.2) is 18.4 Å². The summed E-state index contributed by atoms with van der Waals surface area (Å²) < 4.78 is 19.0. The fourth-order valence-electron chi connectivity index (χ4n) is 3.43. The molecular formula is C25H21FN2O3. The van der Waals surface area contributed by atoms with E-state index in [1.807, 2.05) is 32.0 Å². The molecular weight excluding hydrogens is 395 g/mol. The van der Waals surface area contributed by atoms with E-state index in [1.165, 1.54) is 24.3 Å². The van der Waals surface area contributed by atoms with Gasteiger partial charge in [0.15, 0.2) is 0 Å². The number of halogens is 1. The van der Waals surface area contributed by atoms with E-state index in [0.29, 0.717) is 29.3 Å². The van der Waals surface area contributed by atoms with Crippen LogP contribution in [0.5, 0.6) is 5.75 Å².